The standard InChI is InChI=1S/C14H9F4NO2/c1-21-11-4-2-3-9(12(11)15)13(20)10-6-5-8(7-19-10)14(16,17)18/h2-7H,1H3. The highest BCUT2D eigenvalue weighted by Crippen LogP contribution is 2.29. The molecule has 2 rings (SSSR count). The van der Waals surface area contributed by atoms with E-state index < -0.39 is 23.3 Å². The fraction of sp³-hybridized carbons (Fsp3) is 0.143. The van der Waals surface area contributed by atoms with Crippen LogP contribution >= 0.6 is 0 Å². The summed E-state index contributed by atoms with van der Waals surface area (Å²) in [6.45, 7) is 0. The van der Waals surface area contributed by atoms with Gasteiger partial charge in [0.25, 0.3) is 0 Å². The van der Waals surface area contributed by atoms with Crippen LogP contribution in [0.15, 0.2) is 36.5 Å². The molecule has 0 amide bonds. The van der Waals surface area contributed by atoms with E-state index >= 15 is 0 Å². The highest BCUT2D eigenvalue weighted by Gasteiger charge is 2.31. The highest BCUT2D eigenvalue weighted by molar-refractivity contribution is 6.08. The Balaban J connectivity index is 2.37. The molecule has 0 saturated carbocycles. The number of ether oxygens (including phenoxy) is 1. The molecule has 0 unspecified atom stereocenters. The summed E-state index contributed by atoms with van der Waals surface area (Å²) in [5, 5.41) is 0. The number of pyridine rings is 1. The number of hydrogen-bond acceptors (Lipinski definition) is 3. The summed E-state index contributed by atoms with van der Waals surface area (Å²) in [7, 11) is 1.24. The molecule has 1 aromatic carbocycles. The third kappa shape index (κ3) is 3.01. The summed E-state index contributed by atoms with van der Waals surface area (Å²) in [6.07, 6.45) is -4.01. The zero-order valence-electron chi connectivity index (χ0n) is 10.7. The number of benzene rings is 1. The van der Waals surface area contributed by atoms with Gasteiger partial charge in [-0.15, -0.1) is 0 Å². The molecule has 0 aliphatic heterocycles. The molecule has 0 spiro atoms. The minimum Gasteiger partial charge on any atom is -0.494 e. The van der Waals surface area contributed by atoms with Gasteiger partial charge >= 0.3 is 6.18 Å². The monoisotopic (exact) mass is 299 g/mol. The van der Waals surface area contributed by atoms with Gasteiger partial charge in [-0.3, -0.25) is 9.78 Å². The molecule has 1 aromatic heterocycles. The minimum atomic E-state index is -4.55. The lowest BCUT2D eigenvalue weighted by Gasteiger charge is -2.08. The van der Waals surface area contributed by atoms with Crippen molar-refractivity contribution >= 4 is 5.78 Å². The molecule has 21 heavy (non-hydrogen) atoms. The van der Waals surface area contributed by atoms with Crippen LogP contribution in [0.2, 0.25) is 0 Å². The molecule has 0 atom stereocenters. The van der Waals surface area contributed by atoms with Gasteiger partial charge in [-0.2, -0.15) is 13.2 Å². The van der Waals surface area contributed by atoms with Gasteiger partial charge in [0, 0.05) is 6.20 Å². The second-order valence-electron chi connectivity index (χ2n) is 4.08. The van der Waals surface area contributed by atoms with Crippen molar-refractivity contribution in [3.05, 3.63) is 59.2 Å². The summed E-state index contributed by atoms with van der Waals surface area (Å²) in [5.74, 6) is -1.83. The Morgan fingerprint density at radius 3 is 2.43 bits per heavy atom. The van der Waals surface area contributed by atoms with Crippen LogP contribution in [-0.4, -0.2) is 17.9 Å². The van der Waals surface area contributed by atoms with E-state index in [1.165, 1.54) is 25.3 Å². The number of hydrogen-bond donors (Lipinski definition) is 0. The maximum atomic E-state index is 13.9. The third-order valence-corrected chi connectivity index (χ3v) is 2.75. The lowest BCUT2D eigenvalue weighted by molar-refractivity contribution is -0.137. The Kier molecular flexibility index (Phi) is 3.93. The maximum absolute atomic E-state index is 13.9. The zero-order chi connectivity index (χ0) is 15.6. The fourth-order valence-electron chi connectivity index (χ4n) is 1.68. The van der Waals surface area contributed by atoms with Crippen LogP contribution in [0.3, 0.4) is 0 Å². The van der Waals surface area contributed by atoms with Crippen molar-refractivity contribution in [3.8, 4) is 5.75 Å². The molecule has 0 radical (unpaired) electrons. The molecule has 7 heteroatoms. The first-order valence-electron chi connectivity index (χ1n) is 5.75. The van der Waals surface area contributed by atoms with Crippen LogP contribution in [0, 0.1) is 5.82 Å². The van der Waals surface area contributed by atoms with E-state index in [1.807, 2.05) is 0 Å². The fourth-order valence-corrected chi connectivity index (χ4v) is 1.68. The van der Waals surface area contributed by atoms with Gasteiger partial charge in [-0.25, -0.2) is 4.39 Å². The number of aromatic nitrogens is 1. The Morgan fingerprint density at radius 1 is 1.19 bits per heavy atom. The summed E-state index contributed by atoms with van der Waals surface area (Å²) >= 11 is 0. The largest absolute Gasteiger partial charge is 0.494 e. The van der Waals surface area contributed by atoms with E-state index in [0.717, 1.165) is 12.1 Å². The SMILES string of the molecule is COc1cccc(C(=O)c2ccc(C(F)(F)F)cn2)c1F. The molecule has 0 saturated heterocycles. The van der Waals surface area contributed by atoms with Crippen molar-refractivity contribution in [1.82, 2.24) is 4.98 Å². The van der Waals surface area contributed by atoms with Gasteiger partial charge < -0.3 is 4.74 Å². The van der Waals surface area contributed by atoms with Gasteiger partial charge in [-0.1, -0.05) is 6.07 Å². The molecule has 0 bridgehead atoms. The van der Waals surface area contributed by atoms with Crippen LogP contribution in [0.25, 0.3) is 0 Å². The normalized spacial score (nSPS) is 11.3. The number of carbonyl (C=O) groups excluding carboxylic acids is 1. The molecular weight excluding hydrogens is 290 g/mol. The number of halogens is 4. The molecule has 0 aliphatic carbocycles. The molecule has 2 aromatic rings. The number of carbonyl (C=O) groups is 1. The molecule has 3 nitrogen and oxygen atoms in total. The van der Waals surface area contributed by atoms with Gasteiger partial charge in [0.15, 0.2) is 11.6 Å². The number of ketones is 1. The van der Waals surface area contributed by atoms with Crippen LogP contribution in [0.5, 0.6) is 5.75 Å². The minimum absolute atomic E-state index is 0.132. The first kappa shape index (κ1) is 15.0. The van der Waals surface area contributed by atoms with E-state index in [9.17, 15) is 22.4 Å². The van der Waals surface area contributed by atoms with Gasteiger partial charge in [0.2, 0.25) is 5.78 Å². The molecule has 1 heterocycles. The van der Waals surface area contributed by atoms with Crippen molar-refractivity contribution in [2.24, 2.45) is 0 Å². The summed E-state index contributed by atoms with van der Waals surface area (Å²) in [4.78, 5) is 15.5. The Hall–Kier alpha value is -2.44. The van der Waals surface area contributed by atoms with E-state index in [1.54, 1.807) is 0 Å². The number of rotatable bonds is 3. The van der Waals surface area contributed by atoms with E-state index in [0.29, 0.717) is 6.20 Å². The van der Waals surface area contributed by atoms with Gasteiger partial charge in [0.1, 0.15) is 5.69 Å². The predicted molar refractivity (Wildman–Crippen MR) is 65.6 cm³/mol. The van der Waals surface area contributed by atoms with Crippen LogP contribution in [0.1, 0.15) is 21.6 Å². The molecule has 0 aliphatic rings. The van der Waals surface area contributed by atoms with Gasteiger partial charge in [-0.05, 0) is 24.3 Å². The molecule has 110 valence electrons. The zero-order valence-corrected chi connectivity index (χ0v) is 10.7. The second kappa shape index (κ2) is 5.51. The van der Waals surface area contributed by atoms with E-state index in [4.69, 9.17) is 4.74 Å². The van der Waals surface area contributed by atoms with Crippen molar-refractivity contribution in [1.29, 1.82) is 0 Å². The number of nitrogens with zero attached hydrogens (tertiary/aromatic N) is 1. The maximum Gasteiger partial charge on any atom is 0.417 e. The average molecular weight is 299 g/mol. The second-order valence-corrected chi connectivity index (χ2v) is 4.08. The third-order valence-electron chi connectivity index (χ3n) is 2.75. The van der Waals surface area contributed by atoms with Crippen molar-refractivity contribution in [2.75, 3.05) is 7.11 Å². The van der Waals surface area contributed by atoms with Crippen LogP contribution in [-0.2, 0) is 6.18 Å². The summed E-state index contributed by atoms with van der Waals surface area (Å²) in [5.41, 5.74) is -1.58. The summed E-state index contributed by atoms with van der Waals surface area (Å²) < 4.78 is 55.9. The molecular formula is C14H9F4NO2. The number of methoxy groups -OCH3 is 1. The Bertz CT molecular complexity index is 666. The lowest BCUT2D eigenvalue weighted by atomic mass is 10.1. The van der Waals surface area contributed by atoms with Crippen molar-refractivity contribution in [2.45, 2.75) is 6.18 Å². The smallest absolute Gasteiger partial charge is 0.417 e. The van der Waals surface area contributed by atoms with Gasteiger partial charge in [0.05, 0.1) is 18.2 Å². The van der Waals surface area contributed by atoms with E-state index in [-0.39, 0.29) is 17.0 Å². The topological polar surface area (TPSA) is 39.2 Å². The Labute approximate surface area is 117 Å². The van der Waals surface area contributed by atoms with Crippen LogP contribution in [0.4, 0.5) is 17.6 Å². The Morgan fingerprint density at radius 2 is 1.90 bits per heavy atom. The van der Waals surface area contributed by atoms with Crippen molar-refractivity contribution in [3.63, 3.8) is 0 Å². The first-order chi connectivity index (χ1) is 9.84. The number of alkyl halides is 3. The highest BCUT2D eigenvalue weighted by atomic mass is 19.4. The first-order valence-corrected chi connectivity index (χ1v) is 5.75. The van der Waals surface area contributed by atoms with E-state index in [2.05, 4.69) is 4.98 Å². The van der Waals surface area contributed by atoms with Crippen molar-refractivity contribution < 1.29 is 27.1 Å². The predicted octanol–water partition coefficient (Wildman–Crippen LogP) is 3.48. The quantitative estimate of drug-likeness (QED) is 0.643. The van der Waals surface area contributed by atoms with Crippen LogP contribution < -0.4 is 4.74 Å². The average Bonchev–Trinajstić information content (AvgIpc) is 2.46. The molecule has 0 fully saturated rings. The lowest BCUT2D eigenvalue weighted by Crippen LogP contribution is -2.10. The molecule has 0 N–H and O–H groups in total. The summed E-state index contributed by atoms with van der Waals surface area (Å²) in [6, 6.07) is 5.56.